The Bertz CT molecular complexity index is 1170. The van der Waals surface area contributed by atoms with Crippen molar-refractivity contribution in [1.29, 1.82) is 0 Å². The second-order valence-electron chi connectivity index (χ2n) is 8.85. The van der Waals surface area contributed by atoms with Gasteiger partial charge < -0.3 is 14.9 Å². The maximum atomic E-state index is 6.54. The lowest BCUT2D eigenvalue weighted by Gasteiger charge is -2.46. The Kier molecular flexibility index (Phi) is 6.30. The van der Waals surface area contributed by atoms with E-state index in [1.807, 2.05) is 63.4 Å². The van der Waals surface area contributed by atoms with Crippen molar-refractivity contribution < 1.29 is 9.57 Å². The van der Waals surface area contributed by atoms with E-state index in [0.29, 0.717) is 0 Å². The second kappa shape index (κ2) is 9.16. The van der Waals surface area contributed by atoms with Crippen LogP contribution in [0.1, 0.15) is 33.3 Å². The van der Waals surface area contributed by atoms with Crippen molar-refractivity contribution in [2.24, 2.45) is 0 Å². The van der Waals surface area contributed by atoms with Crippen molar-refractivity contribution >= 4 is 11.3 Å². The summed E-state index contributed by atoms with van der Waals surface area (Å²) in [5.41, 5.74) is 5.90. The number of nitrogens with one attached hydrogen (secondary N) is 1. The molecule has 0 aliphatic carbocycles. The summed E-state index contributed by atoms with van der Waals surface area (Å²) in [4.78, 5) is 6.21. The first-order valence-corrected chi connectivity index (χ1v) is 11.3. The number of fused-ring (bicyclic) bond motifs is 1. The van der Waals surface area contributed by atoms with Crippen molar-refractivity contribution in [2.75, 3.05) is 12.4 Å². The SMILES string of the molecule is C=C(C)/C=C(/C)c1cccc2c1N[C@@H](C)C(C)(N(C)Oc1ccc(-c3ccccc3)cc1)O2. The molecule has 1 heterocycles. The minimum Gasteiger partial charge on any atom is -0.465 e. The van der Waals surface area contributed by atoms with Gasteiger partial charge in [-0.25, -0.2) is 0 Å². The quantitative estimate of drug-likeness (QED) is 0.325. The predicted octanol–water partition coefficient (Wildman–Crippen LogP) is 7.17. The van der Waals surface area contributed by atoms with Crippen LogP contribution in [0.5, 0.6) is 11.5 Å². The van der Waals surface area contributed by atoms with Crippen molar-refractivity contribution in [3.63, 3.8) is 0 Å². The summed E-state index contributed by atoms with van der Waals surface area (Å²) in [7, 11) is 1.91. The zero-order valence-electron chi connectivity index (χ0n) is 20.1. The van der Waals surface area contributed by atoms with Crippen LogP contribution in [0.15, 0.2) is 91.0 Å². The molecule has 1 N–H and O–H groups in total. The normalized spacial score (nSPS) is 19.9. The molecule has 0 fully saturated rings. The number of hydrogen-bond donors (Lipinski definition) is 1. The highest BCUT2D eigenvalue weighted by molar-refractivity contribution is 5.81. The molecule has 1 aliphatic rings. The molecule has 0 aromatic heterocycles. The zero-order valence-corrected chi connectivity index (χ0v) is 20.1. The standard InChI is InChI=1S/C29H32N2O2/c1-20(2)19-21(3)26-13-10-14-27-28(26)30-22(4)29(5,32-27)31(6)33-25-17-15-24(16-18-25)23-11-8-7-9-12-23/h7-19,22,30H,1H2,2-6H3/b21-19-/t22-,29?/m0/s1. The molecular weight excluding hydrogens is 408 g/mol. The molecule has 0 spiro atoms. The van der Waals surface area contributed by atoms with Crippen LogP contribution in [0.3, 0.4) is 0 Å². The van der Waals surface area contributed by atoms with E-state index in [9.17, 15) is 0 Å². The molecule has 0 amide bonds. The number of hydrogen-bond acceptors (Lipinski definition) is 4. The molecule has 0 saturated carbocycles. The number of anilines is 1. The van der Waals surface area contributed by atoms with Gasteiger partial charge in [-0.2, -0.15) is 0 Å². The maximum Gasteiger partial charge on any atom is 0.210 e. The van der Waals surface area contributed by atoms with Gasteiger partial charge in [0.05, 0.1) is 11.7 Å². The van der Waals surface area contributed by atoms with Crippen molar-refractivity contribution in [1.82, 2.24) is 5.06 Å². The Morgan fingerprint density at radius 3 is 2.33 bits per heavy atom. The summed E-state index contributed by atoms with van der Waals surface area (Å²) in [6.45, 7) is 12.2. The molecule has 2 atom stereocenters. The van der Waals surface area contributed by atoms with E-state index in [2.05, 4.69) is 62.2 Å². The van der Waals surface area contributed by atoms with Gasteiger partial charge in [0.15, 0.2) is 0 Å². The Morgan fingerprint density at radius 2 is 1.67 bits per heavy atom. The predicted molar refractivity (Wildman–Crippen MR) is 137 cm³/mol. The number of para-hydroxylation sites is 1. The molecule has 4 nitrogen and oxygen atoms in total. The minimum absolute atomic E-state index is 0.0302. The Labute approximate surface area is 197 Å². The summed E-state index contributed by atoms with van der Waals surface area (Å²) in [5, 5.41) is 5.44. The Morgan fingerprint density at radius 1 is 1.00 bits per heavy atom. The Hall–Kier alpha value is -3.50. The zero-order chi connectivity index (χ0) is 23.6. The fourth-order valence-electron chi connectivity index (χ4n) is 4.13. The molecular formula is C29H32N2O2. The van der Waals surface area contributed by atoms with Crippen molar-refractivity contribution in [3.05, 3.63) is 96.6 Å². The summed E-state index contributed by atoms with van der Waals surface area (Å²) in [5.74, 6) is 1.56. The van der Waals surface area contributed by atoms with Gasteiger partial charge in [0.2, 0.25) is 5.72 Å². The highest BCUT2D eigenvalue weighted by Crippen LogP contribution is 2.42. The molecule has 4 rings (SSSR count). The van der Waals surface area contributed by atoms with Gasteiger partial charge in [-0.15, -0.1) is 5.06 Å². The van der Waals surface area contributed by atoms with Crippen LogP contribution >= 0.6 is 0 Å². The van der Waals surface area contributed by atoms with Crippen LogP contribution in [0.2, 0.25) is 0 Å². The van der Waals surface area contributed by atoms with Gasteiger partial charge in [0.25, 0.3) is 0 Å². The maximum absolute atomic E-state index is 6.54. The fraction of sp³-hybridized carbons (Fsp3) is 0.241. The topological polar surface area (TPSA) is 33.7 Å². The number of nitrogens with zero attached hydrogens (tertiary/aromatic N) is 1. The largest absolute Gasteiger partial charge is 0.465 e. The van der Waals surface area contributed by atoms with Crippen LogP contribution in [0.4, 0.5) is 5.69 Å². The molecule has 0 bridgehead atoms. The first-order chi connectivity index (χ1) is 15.8. The van der Waals surface area contributed by atoms with E-state index >= 15 is 0 Å². The average molecular weight is 441 g/mol. The lowest BCUT2D eigenvalue weighted by molar-refractivity contribution is -0.210. The lowest BCUT2D eigenvalue weighted by atomic mass is 9.98. The third kappa shape index (κ3) is 4.67. The smallest absolute Gasteiger partial charge is 0.210 e. The average Bonchev–Trinajstić information content (AvgIpc) is 2.80. The molecule has 0 radical (unpaired) electrons. The van der Waals surface area contributed by atoms with E-state index < -0.39 is 5.72 Å². The van der Waals surface area contributed by atoms with Gasteiger partial charge in [-0.1, -0.05) is 72.8 Å². The number of ether oxygens (including phenoxy) is 1. The van der Waals surface area contributed by atoms with Crippen LogP contribution in [-0.4, -0.2) is 23.9 Å². The minimum atomic E-state index is -0.713. The number of benzene rings is 3. The highest BCUT2D eigenvalue weighted by Gasteiger charge is 2.44. The Balaban J connectivity index is 1.54. The van der Waals surface area contributed by atoms with Crippen LogP contribution < -0.4 is 14.9 Å². The number of allylic oxidation sites excluding steroid dienone is 3. The third-order valence-electron chi connectivity index (χ3n) is 6.22. The van der Waals surface area contributed by atoms with Crippen LogP contribution in [0, 0.1) is 0 Å². The summed E-state index contributed by atoms with van der Waals surface area (Å²) >= 11 is 0. The molecule has 1 aliphatic heterocycles. The highest BCUT2D eigenvalue weighted by atomic mass is 16.7. The summed E-state index contributed by atoms with van der Waals surface area (Å²) in [6.07, 6.45) is 2.09. The molecule has 0 saturated heterocycles. The van der Waals surface area contributed by atoms with Gasteiger partial charge in [0, 0.05) is 12.6 Å². The van der Waals surface area contributed by atoms with Gasteiger partial charge in [-0.3, -0.25) is 0 Å². The monoisotopic (exact) mass is 440 g/mol. The van der Waals surface area contributed by atoms with E-state index in [0.717, 1.165) is 39.5 Å². The second-order valence-corrected chi connectivity index (χ2v) is 8.85. The molecule has 3 aromatic rings. The number of likely N-dealkylation sites (N-methyl/N-ethyl adjacent to an activating group) is 1. The molecule has 33 heavy (non-hydrogen) atoms. The van der Waals surface area contributed by atoms with Gasteiger partial charge in [-0.05, 0) is 62.6 Å². The molecule has 3 aromatic carbocycles. The van der Waals surface area contributed by atoms with Gasteiger partial charge in [0.1, 0.15) is 11.5 Å². The molecule has 1 unspecified atom stereocenters. The first kappa shape index (κ1) is 22.7. The molecule has 170 valence electrons. The van der Waals surface area contributed by atoms with E-state index in [1.165, 1.54) is 5.56 Å². The summed E-state index contributed by atoms with van der Waals surface area (Å²) in [6, 6.07) is 24.5. The van der Waals surface area contributed by atoms with Crippen molar-refractivity contribution in [3.8, 4) is 22.6 Å². The first-order valence-electron chi connectivity index (χ1n) is 11.3. The number of hydroxylamine groups is 2. The number of rotatable bonds is 6. The van der Waals surface area contributed by atoms with Gasteiger partial charge >= 0.3 is 0 Å². The van der Waals surface area contributed by atoms with Crippen molar-refractivity contribution in [2.45, 2.75) is 39.5 Å². The van der Waals surface area contributed by atoms with E-state index in [4.69, 9.17) is 9.57 Å². The lowest BCUT2D eigenvalue weighted by Crippen LogP contribution is -2.61. The third-order valence-corrected chi connectivity index (χ3v) is 6.22. The fourth-order valence-corrected chi connectivity index (χ4v) is 4.13. The summed E-state index contributed by atoms with van der Waals surface area (Å²) < 4.78 is 6.54. The van der Waals surface area contributed by atoms with E-state index in [-0.39, 0.29) is 6.04 Å². The van der Waals surface area contributed by atoms with E-state index in [1.54, 1.807) is 5.06 Å². The van der Waals surface area contributed by atoms with Crippen LogP contribution in [0.25, 0.3) is 16.7 Å². The van der Waals surface area contributed by atoms with Crippen LogP contribution in [-0.2, 0) is 0 Å². The molecule has 4 heteroatoms.